The number of pyridine rings is 1. The predicted octanol–water partition coefficient (Wildman–Crippen LogP) is 3.27. The van der Waals surface area contributed by atoms with Crippen LogP contribution in [0.25, 0.3) is 0 Å². The van der Waals surface area contributed by atoms with E-state index in [9.17, 15) is 4.79 Å². The number of hydrogen-bond donors (Lipinski definition) is 2. The molecule has 0 saturated carbocycles. The number of nitrogens with one attached hydrogen (secondary N) is 2. The Bertz CT molecular complexity index is 744. The molecule has 0 spiro atoms. The summed E-state index contributed by atoms with van der Waals surface area (Å²) >= 11 is 7.62. The summed E-state index contributed by atoms with van der Waals surface area (Å²) in [5.41, 5.74) is 0.869. The SMILES string of the molecule is CN(C)C(=O)CNC(=NCc1ccccn1)NCCSc1ccc(Cl)cc1.I. The molecule has 0 unspecified atom stereocenters. The smallest absolute Gasteiger partial charge is 0.241 e. The van der Waals surface area contributed by atoms with Gasteiger partial charge in [0.15, 0.2) is 5.96 Å². The highest BCUT2D eigenvalue weighted by Gasteiger charge is 2.06. The van der Waals surface area contributed by atoms with E-state index in [4.69, 9.17) is 11.6 Å². The standard InChI is InChI=1S/C19H24ClN5OS.HI/c1-25(2)18(26)14-24-19(23-13-16-5-3-4-10-21-16)22-11-12-27-17-8-6-15(20)7-9-17;/h3-10H,11-14H2,1-2H3,(H2,22,23,24);1H. The third-order valence-electron chi connectivity index (χ3n) is 3.51. The maximum atomic E-state index is 11.8. The van der Waals surface area contributed by atoms with Gasteiger partial charge in [0.1, 0.15) is 0 Å². The normalized spacial score (nSPS) is 10.8. The number of rotatable bonds is 8. The summed E-state index contributed by atoms with van der Waals surface area (Å²) in [5.74, 6) is 1.43. The van der Waals surface area contributed by atoms with Crippen molar-refractivity contribution in [3.63, 3.8) is 0 Å². The molecule has 1 aromatic carbocycles. The van der Waals surface area contributed by atoms with Gasteiger partial charge in [0, 0.05) is 42.5 Å². The van der Waals surface area contributed by atoms with E-state index in [-0.39, 0.29) is 36.4 Å². The molecule has 2 rings (SSSR count). The van der Waals surface area contributed by atoms with Crippen LogP contribution < -0.4 is 10.6 Å². The fourth-order valence-corrected chi connectivity index (χ4v) is 2.91. The van der Waals surface area contributed by atoms with Crippen LogP contribution in [0.5, 0.6) is 0 Å². The Morgan fingerprint density at radius 2 is 1.93 bits per heavy atom. The van der Waals surface area contributed by atoms with Gasteiger partial charge in [-0.05, 0) is 36.4 Å². The summed E-state index contributed by atoms with van der Waals surface area (Å²) in [7, 11) is 3.45. The molecule has 0 radical (unpaired) electrons. The molecule has 1 amide bonds. The molecule has 2 aromatic rings. The zero-order valence-electron chi connectivity index (χ0n) is 15.9. The molecule has 0 aliphatic heterocycles. The Hall–Kier alpha value is -1.52. The molecule has 6 nitrogen and oxygen atoms in total. The average molecular weight is 534 g/mol. The highest BCUT2D eigenvalue weighted by atomic mass is 127. The number of amides is 1. The van der Waals surface area contributed by atoms with Crippen LogP contribution in [0.4, 0.5) is 0 Å². The maximum Gasteiger partial charge on any atom is 0.241 e. The van der Waals surface area contributed by atoms with Gasteiger partial charge in [0.05, 0.1) is 18.8 Å². The van der Waals surface area contributed by atoms with Gasteiger partial charge >= 0.3 is 0 Å². The summed E-state index contributed by atoms with van der Waals surface area (Å²) in [6.45, 7) is 1.33. The number of thioether (sulfide) groups is 1. The van der Waals surface area contributed by atoms with Crippen LogP contribution in [0.3, 0.4) is 0 Å². The van der Waals surface area contributed by atoms with E-state index in [0.29, 0.717) is 19.0 Å². The van der Waals surface area contributed by atoms with Gasteiger partial charge in [0.25, 0.3) is 0 Å². The number of aromatic nitrogens is 1. The van der Waals surface area contributed by atoms with Crippen molar-refractivity contribution in [2.24, 2.45) is 4.99 Å². The Morgan fingerprint density at radius 3 is 2.57 bits per heavy atom. The van der Waals surface area contributed by atoms with Crippen LogP contribution in [-0.2, 0) is 11.3 Å². The fourth-order valence-electron chi connectivity index (χ4n) is 2.01. The Balaban J connectivity index is 0.00000392. The molecule has 152 valence electrons. The first-order chi connectivity index (χ1) is 13.0. The number of carbonyl (C=O) groups is 1. The number of hydrogen-bond acceptors (Lipinski definition) is 4. The lowest BCUT2D eigenvalue weighted by Gasteiger charge is -2.15. The lowest BCUT2D eigenvalue weighted by Crippen LogP contribution is -2.43. The largest absolute Gasteiger partial charge is 0.356 e. The molecule has 1 aromatic heterocycles. The highest BCUT2D eigenvalue weighted by molar-refractivity contribution is 14.0. The number of aliphatic imine (C=N–C) groups is 1. The second-order valence-electron chi connectivity index (χ2n) is 5.86. The van der Waals surface area contributed by atoms with Crippen molar-refractivity contribution in [3.8, 4) is 0 Å². The van der Waals surface area contributed by atoms with E-state index in [1.807, 2.05) is 42.5 Å². The van der Waals surface area contributed by atoms with Gasteiger partial charge < -0.3 is 15.5 Å². The first kappa shape index (κ1) is 24.5. The Kier molecular flexibility index (Phi) is 11.9. The van der Waals surface area contributed by atoms with E-state index in [1.165, 1.54) is 0 Å². The van der Waals surface area contributed by atoms with E-state index in [0.717, 1.165) is 21.4 Å². The van der Waals surface area contributed by atoms with Gasteiger partial charge in [-0.3, -0.25) is 9.78 Å². The second-order valence-corrected chi connectivity index (χ2v) is 7.46. The molecule has 0 atom stereocenters. The molecule has 0 bridgehead atoms. The Morgan fingerprint density at radius 1 is 1.18 bits per heavy atom. The minimum Gasteiger partial charge on any atom is -0.356 e. The molecule has 1 heterocycles. The molecule has 2 N–H and O–H groups in total. The Labute approximate surface area is 192 Å². The molecular weight excluding hydrogens is 509 g/mol. The van der Waals surface area contributed by atoms with E-state index < -0.39 is 0 Å². The molecule has 28 heavy (non-hydrogen) atoms. The quantitative estimate of drug-likeness (QED) is 0.179. The van der Waals surface area contributed by atoms with Crippen LogP contribution in [0.1, 0.15) is 5.69 Å². The minimum absolute atomic E-state index is 0. The lowest BCUT2D eigenvalue weighted by atomic mass is 10.3. The van der Waals surface area contributed by atoms with Crippen LogP contribution in [-0.4, -0.2) is 54.7 Å². The summed E-state index contributed by atoms with van der Waals surface area (Å²) in [4.78, 5) is 23.3. The van der Waals surface area contributed by atoms with Gasteiger partial charge in [-0.2, -0.15) is 0 Å². The third-order valence-corrected chi connectivity index (χ3v) is 4.77. The number of halogens is 2. The van der Waals surface area contributed by atoms with Crippen molar-refractivity contribution in [2.75, 3.05) is 32.9 Å². The van der Waals surface area contributed by atoms with Crippen molar-refractivity contribution >= 4 is 59.2 Å². The number of guanidine groups is 1. The van der Waals surface area contributed by atoms with Crippen molar-refractivity contribution in [1.29, 1.82) is 0 Å². The number of benzene rings is 1. The van der Waals surface area contributed by atoms with Gasteiger partial charge in [-0.25, -0.2) is 4.99 Å². The second kappa shape index (κ2) is 13.6. The minimum atomic E-state index is -0.0159. The zero-order valence-corrected chi connectivity index (χ0v) is 19.8. The summed E-state index contributed by atoms with van der Waals surface area (Å²) < 4.78 is 0. The monoisotopic (exact) mass is 533 g/mol. The molecular formula is C19H25ClIN5OS. The number of nitrogens with zero attached hydrogens (tertiary/aromatic N) is 3. The summed E-state index contributed by atoms with van der Waals surface area (Å²) in [5, 5.41) is 7.06. The van der Waals surface area contributed by atoms with Crippen molar-refractivity contribution in [2.45, 2.75) is 11.4 Å². The van der Waals surface area contributed by atoms with Gasteiger partial charge in [0.2, 0.25) is 5.91 Å². The fraction of sp³-hybridized carbons (Fsp3) is 0.316. The summed E-state index contributed by atoms with van der Waals surface area (Å²) in [6.07, 6.45) is 1.74. The summed E-state index contributed by atoms with van der Waals surface area (Å²) in [6, 6.07) is 13.5. The molecule has 9 heteroatoms. The van der Waals surface area contributed by atoms with Crippen molar-refractivity contribution < 1.29 is 4.79 Å². The molecule has 0 saturated heterocycles. The van der Waals surface area contributed by atoms with Crippen molar-refractivity contribution in [1.82, 2.24) is 20.5 Å². The lowest BCUT2D eigenvalue weighted by molar-refractivity contribution is -0.127. The van der Waals surface area contributed by atoms with Crippen LogP contribution in [0.2, 0.25) is 5.02 Å². The van der Waals surface area contributed by atoms with Crippen LogP contribution >= 0.6 is 47.3 Å². The van der Waals surface area contributed by atoms with E-state index in [2.05, 4.69) is 20.6 Å². The zero-order chi connectivity index (χ0) is 19.5. The van der Waals surface area contributed by atoms with Gasteiger partial charge in [-0.1, -0.05) is 17.7 Å². The number of likely N-dealkylation sites (N-methyl/N-ethyl adjacent to an activating group) is 1. The molecule has 0 fully saturated rings. The van der Waals surface area contributed by atoms with Crippen LogP contribution in [0, 0.1) is 0 Å². The predicted molar refractivity (Wildman–Crippen MR) is 128 cm³/mol. The molecule has 0 aliphatic carbocycles. The third kappa shape index (κ3) is 9.61. The maximum absolute atomic E-state index is 11.8. The molecule has 0 aliphatic rings. The van der Waals surface area contributed by atoms with E-state index in [1.54, 1.807) is 37.0 Å². The van der Waals surface area contributed by atoms with Crippen LogP contribution in [0.15, 0.2) is 58.5 Å². The van der Waals surface area contributed by atoms with Crippen molar-refractivity contribution in [3.05, 3.63) is 59.4 Å². The average Bonchev–Trinajstić information content (AvgIpc) is 2.68. The first-order valence-electron chi connectivity index (χ1n) is 8.55. The number of carbonyl (C=O) groups excluding carboxylic acids is 1. The highest BCUT2D eigenvalue weighted by Crippen LogP contribution is 2.19. The topological polar surface area (TPSA) is 69.6 Å². The van der Waals surface area contributed by atoms with Gasteiger partial charge in [-0.15, -0.1) is 35.7 Å². The first-order valence-corrected chi connectivity index (χ1v) is 9.91. The van der Waals surface area contributed by atoms with E-state index >= 15 is 0 Å².